The molecule has 0 radical (unpaired) electrons. The molecule has 0 spiro atoms. The van der Waals surface area contributed by atoms with Gasteiger partial charge in [-0.15, -0.1) is 0 Å². The topological polar surface area (TPSA) is 45.2 Å². The lowest BCUT2D eigenvalue weighted by molar-refractivity contribution is 0.311. The van der Waals surface area contributed by atoms with Crippen LogP contribution in [0.2, 0.25) is 0 Å². The van der Waals surface area contributed by atoms with Crippen LogP contribution in [0.3, 0.4) is 0 Å². The number of rotatable bonds is 3. The molecule has 0 bridgehead atoms. The summed E-state index contributed by atoms with van der Waals surface area (Å²) >= 11 is 0. The van der Waals surface area contributed by atoms with Crippen molar-refractivity contribution in [3.63, 3.8) is 0 Å². The van der Waals surface area contributed by atoms with Gasteiger partial charge in [0, 0.05) is 23.3 Å². The van der Waals surface area contributed by atoms with Crippen LogP contribution in [0.5, 0.6) is 0 Å². The van der Waals surface area contributed by atoms with Gasteiger partial charge < -0.3 is 10.4 Å². The largest absolute Gasteiger partial charge is 0.395 e. The van der Waals surface area contributed by atoms with Crippen molar-refractivity contribution in [2.75, 3.05) is 18.5 Å². The smallest absolute Gasteiger partial charge is 0.0726 e. The fraction of sp³-hybridized carbons (Fsp3) is 0.438. The van der Waals surface area contributed by atoms with Crippen molar-refractivity contribution in [2.24, 2.45) is 0 Å². The number of nitrogens with one attached hydrogen (secondary N) is 1. The zero-order chi connectivity index (χ0) is 13.2. The van der Waals surface area contributed by atoms with Crippen LogP contribution >= 0.6 is 0 Å². The fourth-order valence-electron chi connectivity index (χ4n) is 2.92. The molecule has 1 aromatic carbocycles. The average molecular weight is 256 g/mol. The molecule has 3 nitrogen and oxygen atoms in total. The van der Waals surface area contributed by atoms with Crippen molar-refractivity contribution in [3.05, 3.63) is 35.0 Å². The van der Waals surface area contributed by atoms with Crippen molar-refractivity contribution in [1.29, 1.82) is 0 Å². The number of anilines is 1. The first-order valence-corrected chi connectivity index (χ1v) is 7.06. The molecule has 0 fully saturated rings. The number of aliphatic hydroxyl groups is 1. The first-order chi connectivity index (χ1) is 9.29. The predicted molar refractivity (Wildman–Crippen MR) is 78.7 cm³/mol. The van der Waals surface area contributed by atoms with Gasteiger partial charge in [-0.05, 0) is 50.3 Å². The Morgan fingerprint density at radius 3 is 2.95 bits per heavy atom. The van der Waals surface area contributed by atoms with E-state index in [1.165, 1.54) is 40.7 Å². The normalized spacial score (nSPS) is 14.4. The number of aryl methyl sites for hydroxylation is 2. The number of pyridine rings is 1. The van der Waals surface area contributed by atoms with Gasteiger partial charge in [-0.1, -0.05) is 11.6 Å². The SMILES string of the molecule is Cc1ccc2nc3c(c(NCCO)c2c1)CCCC3. The summed E-state index contributed by atoms with van der Waals surface area (Å²) in [6.07, 6.45) is 4.64. The summed E-state index contributed by atoms with van der Waals surface area (Å²) in [5, 5.41) is 13.7. The van der Waals surface area contributed by atoms with E-state index < -0.39 is 0 Å². The summed E-state index contributed by atoms with van der Waals surface area (Å²) in [7, 11) is 0. The minimum Gasteiger partial charge on any atom is -0.395 e. The van der Waals surface area contributed by atoms with Crippen molar-refractivity contribution in [2.45, 2.75) is 32.6 Å². The highest BCUT2D eigenvalue weighted by Gasteiger charge is 2.17. The van der Waals surface area contributed by atoms with Gasteiger partial charge in [0.1, 0.15) is 0 Å². The summed E-state index contributed by atoms with van der Waals surface area (Å²) < 4.78 is 0. The van der Waals surface area contributed by atoms with Crippen molar-refractivity contribution < 1.29 is 5.11 Å². The summed E-state index contributed by atoms with van der Waals surface area (Å²) in [5.74, 6) is 0. The van der Waals surface area contributed by atoms with Gasteiger partial charge in [-0.3, -0.25) is 4.98 Å². The Hall–Kier alpha value is -1.61. The number of aliphatic hydroxyl groups excluding tert-OH is 1. The van der Waals surface area contributed by atoms with Crippen LogP contribution in [0, 0.1) is 6.92 Å². The minimum absolute atomic E-state index is 0.157. The monoisotopic (exact) mass is 256 g/mol. The quantitative estimate of drug-likeness (QED) is 0.887. The summed E-state index contributed by atoms with van der Waals surface area (Å²) in [4.78, 5) is 4.82. The van der Waals surface area contributed by atoms with Crippen molar-refractivity contribution in [1.82, 2.24) is 4.98 Å². The number of hydrogen-bond acceptors (Lipinski definition) is 3. The molecule has 0 amide bonds. The number of aromatic nitrogens is 1. The number of hydrogen-bond donors (Lipinski definition) is 2. The molecule has 1 aliphatic rings. The Balaban J connectivity index is 2.21. The second-order valence-electron chi connectivity index (χ2n) is 5.29. The van der Waals surface area contributed by atoms with Crippen LogP contribution in [0.15, 0.2) is 18.2 Å². The van der Waals surface area contributed by atoms with Crippen LogP contribution in [0.25, 0.3) is 10.9 Å². The Morgan fingerprint density at radius 1 is 1.26 bits per heavy atom. The van der Waals surface area contributed by atoms with Gasteiger partial charge >= 0.3 is 0 Å². The highest BCUT2D eigenvalue weighted by Crippen LogP contribution is 2.33. The van der Waals surface area contributed by atoms with E-state index in [-0.39, 0.29) is 6.61 Å². The molecule has 3 heteroatoms. The molecule has 0 saturated carbocycles. The lowest BCUT2D eigenvalue weighted by Crippen LogP contribution is -2.13. The average Bonchev–Trinajstić information content (AvgIpc) is 2.44. The molecule has 0 saturated heterocycles. The van der Waals surface area contributed by atoms with E-state index in [0.717, 1.165) is 18.4 Å². The molecule has 0 unspecified atom stereocenters. The molecule has 0 atom stereocenters. The van der Waals surface area contributed by atoms with E-state index >= 15 is 0 Å². The molecule has 2 N–H and O–H groups in total. The van der Waals surface area contributed by atoms with Crippen molar-refractivity contribution in [3.8, 4) is 0 Å². The van der Waals surface area contributed by atoms with Gasteiger partial charge in [0.15, 0.2) is 0 Å². The first kappa shape index (κ1) is 12.4. The molecule has 1 aromatic heterocycles. The second kappa shape index (κ2) is 5.17. The maximum absolute atomic E-state index is 9.08. The lowest BCUT2D eigenvalue weighted by atomic mass is 9.92. The van der Waals surface area contributed by atoms with Crippen LogP contribution in [0.4, 0.5) is 5.69 Å². The van der Waals surface area contributed by atoms with Gasteiger partial charge in [0.25, 0.3) is 0 Å². The molecule has 19 heavy (non-hydrogen) atoms. The van der Waals surface area contributed by atoms with E-state index in [9.17, 15) is 0 Å². The van der Waals surface area contributed by atoms with E-state index in [2.05, 4.69) is 30.4 Å². The first-order valence-electron chi connectivity index (χ1n) is 7.06. The maximum atomic E-state index is 9.08. The number of nitrogens with zero attached hydrogens (tertiary/aromatic N) is 1. The summed E-state index contributed by atoms with van der Waals surface area (Å²) in [6, 6.07) is 6.40. The number of fused-ring (bicyclic) bond motifs is 2. The van der Waals surface area contributed by atoms with E-state index in [0.29, 0.717) is 6.54 Å². The van der Waals surface area contributed by atoms with Gasteiger partial charge in [0.2, 0.25) is 0 Å². The molecule has 1 heterocycles. The Kier molecular flexibility index (Phi) is 3.38. The number of benzene rings is 1. The lowest BCUT2D eigenvalue weighted by Gasteiger charge is -2.21. The van der Waals surface area contributed by atoms with Gasteiger partial charge in [-0.25, -0.2) is 0 Å². The van der Waals surface area contributed by atoms with Crippen LogP contribution in [-0.2, 0) is 12.8 Å². The zero-order valence-corrected chi connectivity index (χ0v) is 11.4. The van der Waals surface area contributed by atoms with Gasteiger partial charge in [-0.2, -0.15) is 0 Å². The van der Waals surface area contributed by atoms with E-state index in [1.54, 1.807) is 0 Å². The Morgan fingerprint density at radius 2 is 2.11 bits per heavy atom. The predicted octanol–water partition coefficient (Wildman–Crippen LogP) is 2.83. The van der Waals surface area contributed by atoms with Crippen LogP contribution < -0.4 is 5.32 Å². The molecular weight excluding hydrogens is 236 g/mol. The minimum atomic E-state index is 0.157. The Labute approximate surface area is 113 Å². The van der Waals surface area contributed by atoms with Crippen LogP contribution in [0.1, 0.15) is 29.7 Å². The fourth-order valence-corrected chi connectivity index (χ4v) is 2.92. The third-order valence-electron chi connectivity index (χ3n) is 3.83. The van der Waals surface area contributed by atoms with E-state index in [4.69, 9.17) is 10.1 Å². The zero-order valence-electron chi connectivity index (χ0n) is 11.4. The highest BCUT2D eigenvalue weighted by molar-refractivity contribution is 5.94. The third kappa shape index (κ3) is 2.30. The maximum Gasteiger partial charge on any atom is 0.0726 e. The Bertz CT molecular complexity index is 607. The van der Waals surface area contributed by atoms with E-state index in [1.807, 2.05) is 0 Å². The molecule has 1 aliphatic carbocycles. The standard InChI is InChI=1S/C16H20N2O/c1-11-6-7-15-13(10-11)16(17-8-9-19)12-4-2-3-5-14(12)18-15/h6-7,10,19H,2-5,8-9H2,1H3,(H,17,18). The van der Waals surface area contributed by atoms with Gasteiger partial charge in [0.05, 0.1) is 12.1 Å². The summed E-state index contributed by atoms with van der Waals surface area (Å²) in [5.41, 5.74) is 6.10. The molecular formula is C16H20N2O. The van der Waals surface area contributed by atoms with Crippen LogP contribution in [-0.4, -0.2) is 23.2 Å². The van der Waals surface area contributed by atoms with Crippen molar-refractivity contribution >= 4 is 16.6 Å². The highest BCUT2D eigenvalue weighted by atomic mass is 16.3. The molecule has 2 aromatic rings. The molecule has 0 aliphatic heterocycles. The molecule has 100 valence electrons. The second-order valence-corrected chi connectivity index (χ2v) is 5.29. The summed E-state index contributed by atoms with van der Waals surface area (Å²) in [6.45, 7) is 2.86. The third-order valence-corrected chi connectivity index (χ3v) is 3.83. The molecule has 3 rings (SSSR count).